The quantitative estimate of drug-likeness (QED) is 0.161. The fourth-order valence-corrected chi connectivity index (χ4v) is 9.11. The molecule has 12 aromatic rings. The Bertz CT molecular complexity index is 3560. The molecule has 0 aliphatic rings. The molecule has 0 saturated carbocycles. The lowest BCUT2D eigenvalue weighted by molar-refractivity contribution is 0.669. The van der Waals surface area contributed by atoms with Crippen molar-refractivity contribution in [1.82, 2.24) is 0 Å². The average Bonchev–Trinajstić information content (AvgIpc) is 3.90. The van der Waals surface area contributed by atoms with E-state index in [1.807, 2.05) is 6.07 Å². The molecule has 61 heavy (non-hydrogen) atoms. The number of rotatable bonds is 7. The number of nitrogens with zero attached hydrogens (tertiary/aromatic N) is 1. The van der Waals surface area contributed by atoms with Gasteiger partial charge in [0.25, 0.3) is 0 Å². The van der Waals surface area contributed by atoms with Gasteiger partial charge in [0.05, 0.1) is 11.1 Å². The van der Waals surface area contributed by atoms with Crippen molar-refractivity contribution in [3.05, 3.63) is 224 Å². The molecule has 0 bridgehead atoms. The molecule has 3 nitrogen and oxygen atoms in total. The van der Waals surface area contributed by atoms with E-state index in [0.717, 1.165) is 99.9 Å². The molecule has 12 rings (SSSR count). The zero-order valence-electron chi connectivity index (χ0n) is 33.1. The first-order chi connectivity index (χ1) is 30.2. The lowest BCUT2D eigenvalue weighted by Crippen LogP contribution is -2.10. The van der Waals surface area contributed by atoms with Crippen LogP contribution in [-0.4, -0.2) is 0 Å². The van der Waals surface area contributed by atoms with Gasteiger partial charge in [-0.25, -0.2) is 0 Å². The molecule has 0 saturated heterocycles. The first-order valence-electron chi connectivity index (χ1n) is 20.7. The highest BCUT2D eigenvalue weighted by Crippen LogP contribution is 2.48. The van der Waals surface area contributed by atoms with Crippen molar-refractivity contribution in [2.24, 2.45) is 0 Å². The predicted molar refractivity (Wildman–Crippen MR) is 255 cm³/mol. The van der Waals surface area contributed by atoms with Crippen LogP contribution in [0.4, 0.5) is 17.1 Å². The molecule has 0 aliphatic heterocycles. The lowest BCUT2D eigenvalue weighted by atomic mass is 9.97. The number of hydrogen-bond acceptors (Lipinski definition) is 3. The summed E-state index contributed by atoms with van der Waals surface area (Å²) in [6.07, 6.45) is 0. The van der Waals surface area contributed by atoms with E-state index in [2.05, 4.69) is 223 Å². The number of anilines is 3. The summed E-state index contributed by atoms with van der Waals surface area (Å²) in [7, 11) is 0. The lowest BCUT2D eigenvalue weighted by Gasteiger charge is -2.27. The van der Waals surface area contributed by atoms with Crippen molar-refractivity contribution < 1.29 is 8.83 Å². The van der Waals surface area contributed by atoms with Crippen molar-refractivity contribution in [2.45, 2.75) is 0 Å². The van der Waals surface area contributed by atoms with Crippen LogP contribution in [-0.2, 0) is 0 Å². The van der Waals surface area contributed by atoms with E-state index in [9.17, 15) is 0 Å². The first kappa shape index (κ1) is 34.9. The van der Waals surface area contributed by atoms with Gasteiger partial charge in [-0.3, -0.25) is 0 Å². The van der Waals surface area contributed by atoms with Crippen LogP contribution in [0.1, 0.15) is 0 Å². The fraction of sp³-hybridized carbons (Fsp3) is 0. The maximum absolute atomic E-state index is 6.99. The van der Waals surface area contributed by atoms with Crippen LogP contribution < -0.4 is 4.90 Å². The first-order valence-corrected chi connectivity index (χ1v) is 20.7. The van der Waals surface area contributed by atoms with Gasteiger partial charge in [0.15, 0.2) is 0 Å². The molecule has 286 valence electrons. The number of benzene rings is 10. The molecule has 0 radical (unpaired) electrons. The highest BCUT2D eigenvalue weighted by molar-refractivity contribution is 6.18. The number of fused-ring (bicyclic) bond motifs is 7. The summed E-state index contributed by atoms with van der Waals surface area (Å²) in [5.74, 6) is 0. The van der Waals surface area contributed by atoms with Crippen LogP contribution in [0.25, 0.3) is 99.2 Å². The minimum absolute atomic E-state index is 0.830. The fourth-order valence-electron chi connectivity index (χ4n) is 9.11. The predicted octanol–water partition coefficient (Wildman–Crippen LogP) is 16.8. The maximum atomic E-state index is 6.99. The van der Waals surface area contributed by atoms with Crippen molar-refractivity contribution in [2.75, 3.05) is 4.90 Å². The van der Waals surface area contributed by atoms with Crippen molar-refractivity contribution in [3.63, 3.8) is 0 Å². The zero-order valence-corrected chi connectivity index (χ0v) is 33.1. The number of furan rings is 2. The summed E-state index contributed by atoms with van der Waals surface area (Å²) in [6.45, 7) is 0. The molecule has 0 aliphatic carbocycles. The van der Waals surface area contributed by atoms with Crippen LogP contribution in [0, 0.1) is 0 Å². The van der Waals surface area contributed by atoms with E-state index in [0.29, 0.717) is 0 Å². The highest BCUT2D eigenvalue weighted by atomic mass is 16.3. The van der Waals surface area contributed by atoms with Gasteiger partial charge in [0.1, 0.15) is 22.3 Å². The molecule has 0 unspecified atom stereocenters. The average molecular weight is 780 g/mol. The largest absolute Gasteiger partial charge is 0.456 e. The summed E-state index contributed by atoms with van der Waals surface area (Å²) in [4.78, 5) is 2.35. The molecule has 2 aromatic heterocycles. The SMILES string of the molecule is c1ccc(-c2ccc3c(c2)oc2cc(N(c4ccc(-c5cccc6ccccc56)cc4)c4ccc(-c5ccccc5)c5oc6cc(-c7ccccc7)ccc6c45)ccc23)cc1. The smallest absolute Gasteiger partial charge is 0.145 e. The Kier molecular flexibility index (Phi) is 8.17. The summed E-state index contributed by atoms with van der Waals surface area (Å²) in [5, 5.41) is 6.74. The van der Waals surface area contributed by atoms with E-state index in [1.54, 1.807) is 0 Å². The van der Waals surface area contributed by atoms with E-state index in [-0.39, 0.29) is 0 Å². The maximum Gasteiger partial charge on any atom is 0.145 e. The van der Waals surface area contributed by atoms with Gasteiger partial charge in [0.2, 0.25) is 0 Å². The molecule has 0 amide bonds. The third-order valence-corrected chi connectivity index (χ3v) is 12.1. The standard InChI is InChI=1S/C58H37NO2/c1-4-13-38(14-5-1)43-25-30-50-51-32-29-46(37-56(51)60-54(50)35-43)59(45-27-23-42(24-28-45)48-22-12-20-40-19-10-11-21-47(40)48)53-34-33-49(41-17-8-3-9-18-41)58-57(53)52-31-26-44(36-55(52)61-58)39-15-6-2-7-16-39/h1-37H. The molecule has 0 atom stereocenters. The topological polar surface area (TPSA) is 29.5 Å². The van der Waals surface area contributed by atoms with Crippen molar-refractivity contribution >= 4 is 71.7 Å². The summed E-state index contributed by atoms with van der Waals surface area (Å²) < 4.78 is 13.7. The van der Waals surface area contributed by atoms with Crippen LogP contribution >= 0.6 is 0 Å². The minimum Gasteiger partial charge on any atom is -0.456 e. The molecule has 0 N–H and O–H groups in total. The Morgan fingerprint density at radius 2 is 0.820 bits per heavy atom. The van der Waals surface area contributed by atoms with Crippen LogP contribution in [0.3, 0.4) is 0 Å². The molecular formula is C58H37NO2. The van der Waals surface area contributed by atoms with E-state index >= 15 is 0 Å². The van der Waals surface area contributed by atoms with Gasteiger partial charge >= 0.3 is 0 Å². The van der Waals surface area contributed by atoms with Crippen molar-refractivity contribution in [1.29, 1.82) is 0 Å². The van der Waals surface area contributed by atoms with Crippen LogP contribution in [0.5, 0.6) is 0 Å². The van der Waals surface area contributed by atoms with Crippen molar-refractivity contribution in [3.8, 4) is 44.5 Å². The summed E-state index contributed by atoms with van der Waals surface area (Å²) in [5.41, 5.74) is 15.5. The number of hydrogen-bond donors (Lipinski definition) is 0. The van der Waals surface area contributed by atoms with E-state index in [1.165, 1.54) is 16.3 Å². The van der Waals surface area contributed by atoms with Gasteiger partial charge < -0.3 is 13.7 Å². The normalized spacial score (nSPS) is 11.6. The Labute approximate surface area is 353 Å². The van der Waals surface area contributed by atoms with Gasteiger partial charge in [-0.15, -0.1) is 0 Å². The Balaban J connectivity index is 1.08. The Morgan fingerprint density at radius 3 is 1.52 bits per heavy atom. The third kappa shape index (κ3) is 5.98. The molecule has 10 aromatic carbocycles. The van der Waals surface area contributed by atoms with Gasteiger partial charge in [-0.2, -0.15) is 0 Å². The monoisotopic (exact) mass is 779 g/mol. The van der Waals surface area contributed by atoms with Gasteiger partial charge in [-0.05, 0) is 110 Å². The Hall–Kier alpha value is -8.14. The highest BCUT2D eigenvalue weighted by Gasteiger charge is 2.24. The second kappa shape index (κ2) is 14.3. The molecule has 0 fully saturated rings. The molecule has 3 heteroatoms. The second-order valence-corrected chi connectivity index (χ2v) is 15.6. The summed E-state index contributed by atoms with van der Waals surface area (Å²) >= 11 is 0. The molecule has 2 heterocycles. The van der Waals surface area contributed by atoms with Crippen LogP contribution in [0.15, 0.2) is 233 Å². The van der Waals surface area contributed by atoms with Gasteiger partial charge in [-0.1, -0.05) is 158 Å². The Morgan fingerprint density at radius 1 is 0.295 bits per heavy atom. The van der Waals surface area contributed by atoms with E-state index < -0.39 is 0 Å². The van der Waals surface area contributed by atoms with Gasteiger partial charge in [0, 0.05) is 39.2 Å². The van der Waals surface area contributed by atoms with E-state index in [4.69, 9.17) is 8.83 Å². The zero-order chi connectivity index (χ0) is 40.3. The minimum atomic E-state index is 0.830. The third-order valence-electron chi connectivity index (χ3n) is 12.1. The molecular weight excluding hydrogens is 743 g/mol. The summed E-state index contributed by atoms with van der Waals surface area (Å²) in [6, 6.07) is 79.7. The molecule has 0 spiro atoms. The van der Waals surface area contributed by atoms with Crippen LogP contribution in [0.2, 0.25) is 0 Å². The second-order valence-electron chi connectivity index (χ2n) is 15.6.